The minimum atomic E-state index is -2.11. The first-order valence-electron chi connectivity index (χ1n) is 11.6. The average Bonchev–Trinajstić information content (AvgIpc) is 2.69. The maximum absolute atomic E-state index is 13.2. The summed E-state index contributed by atoms with van der Waals surface area (Å²) in [5.74, 6) is 0. The first kappa shape index (κ1) is 26.9. The van der Waals surface area contributed by atoms with E-state index in [9.17, 15) is 4.79 Å². The van der Waals surface area contributed by atoms with Crippen LogP contribution in [0.2, 0.25) is 18.1 Å². The fourth-order valence-electron chi connectivity index (χ4n) is 3.04. The van der Waals surface area contributed by atoms with Crippen molar-refractivity contribution in [1.82, 2.24) is 9.88 Å². The van der Waals surface area contributed by atoms with E-state index >= 15 is 0 Å². The standard InChI is InChI=1S/C26H41N3O3Si/c1-25(2,3)31-24(30)29(17-15-20-11-13-22(27)14-12-20)19-23(21-10-9-16-28-18-21)32-33(7,8)26(4,5)6/h9-14,16,18,23H,15,17,19,27H2,1-8H3. The molecular formula is C26H41N3O3Si. The van der Waals surface area contributed by atoms with Crippen molar-refractivity contribution < 1.29 is 14.0 Å². The molecule has 0 saturated carbocycles. The van der Waals surface area contributed by atoms with Crippen LogP contribution < -0.4 is 5.73 Å². The van der Waals surface area contributed by atoms with Gasteiger partial charge in [-0.25, -0.2) is 4.79 Å². The molecule has 33 heavy (non-hydrogen) atoms. The van der Waals surface area contributed by atoms with Gasteiger partial charge in [-0.2, -0.15) is 0 Å². The number of pyridine rings is 1. The molecule has 2 rings (SSSR count). The van der Waals surface area contributed by atoms with E-state index < -0.39 is 13.9 Å². The van der Waals surface area contributed by atoms with Gasteiger partial charge in [-0.15, -0.1) is 0 Å². The lowest BCUT2D eigenvalue weighted by atomic mass is 10.1. The average molecular weight is 472 g/mol. The zero-order valence-electron chi connectivity index (χ0n) is 21.5. The van der Waals surface area contributed by atoms with Crippen LogP contribution in [0.25, 0.3) is 0 Å². The molecule has 1 atom stereocenters. The van der Waals surface area contributed by atoms with E-state index in [1.807, 2.05) is 63.4 Å². The fourth-order valence-corrected chi connectivity index (χ4v) is 4.32. The molecule has 0 fully saturated rings. The van der Waals surface area contributed by atoms with Crippen LogP contribution in [0.1, 0.15) is 58.8 Å². The molecule has 1 heterocycles. The molecular weight excluding hydrogens is 430 g/mol. The minimum absolute atomic E-state index is 0.0359. The van der Waals surface area contributed by atoms with Crippen molar-refractivity contribution in [3.05, 3.63) is 59.9 Å². The quantitative estimate of drug-likeness (QED) is 0.366. The first-order chi connectivity index (χ1) is 15.2. The molecule has 7 heteroatoms. The molecule has 2 N–H and O–H groups in total. The van der Waals surface area contributed by atoms with Gasteiger partial charge < -0.3 is 19.8 Å². The van der Waals surface area contributed by atoms with Gasteiger partial charge in [-0.1, -0.05) is 39.0 Å². The Bertz CT molecular complexity index is 888. The van der Waals surface area contributed by atoms with Crippen molar-refractivity contribution in [2.24, 2.45) is 0 Å². The number of amides is 1. The second-order valence-electron chi connectivity index (χ2n) is 11.1. The topological polar surface area (TPSA) is 77.7 Å². The summed E-state index contributed by atoms with van der Waals surface area (Å²) in [5, 5.41) is 0.0359. The molecule has 1 aromatic carbocycles. The van der Waals surface area contributed by atoms with Gasteiger partial charge in [-0.05, 0) is 74.7 Å². The van der Waals surface area contributed by atoms with Crippen LogP contribution >= 0.6 is 0 Å². The maximum atomic E-state index is 13.2. The second-order valence-corrected chi connectivity index (χ2v) is 15.8. The summed E-state index contributed by atoms with van der Waals surface area (Å²) >= 11 is 0. The SMILES string of the molecule is CC(C)(C)OC(=O)N(CCc1ccc(N)cc1)CC(O[Si](C)(C)C(C)(C)C)c1cccnc1. The van der Waals surface area contributed by atoms with Crippen LogP contribution in [-0.4, -0.2) is 43.0 Å². The molecule has 0 aliphatic rings. The smallest absolute Gasteiger partial charge is 0.410 e. The summed E-state index contributed by atoms with van der Waals surface area (Å²) in [6.07, 6.45) is 3.63. The molecule has 0 bridgehead atoms. The van der Waals surface area contributed by atoms with E-state index in [-0.39, 0.29) is 17.2 Å². The largest absolute Gasteiger partial charge is 0.444 e. The predicted molar refractivity (Wildman–Crippen MR) is 138 cm³/mol. The number of benzene rings is 1. The highest BCUT2D eigenvalue weighted by atomic mass is 28.4. The highest BCUT2D eigenvalue weighted by Crippen LogP contribution is 2.40. The Kier molecular flexibility index (Phi) is 8.71. The van der Waals surface area contributed by atoms with Gasteiger partial charge in [0.05, 0.1) is 12.6 Å². The lowest BCUT2D eigenvalue weighted by Crippen LogP contribution is -2.46. The van der Waals surface area contributed by atoms with E-state index in [0.29, 0.717) is 19.5 Å². The molecule has 6 nitrogen and oxygen atoms in total. The van der Waals surface area contributed by atoms with E-state index in [1.165, 1.54) is 0 Å². The zero-order chi connectivity index (χ0) is 24.9. The van der Waals surface area contributed by atoms with Gasteiger partial charge in [0.1, 0.15) is 5.60 Å². The number of carbonyl (C=O) groups excluding carboxylic acids is 1. The van der Waals surface area contributed by atoms with Crippen LogP contribution in [-0.2, 0) is 15.6 Å². The Morgan fingerprint density at radius 2 is 1.73 bits per heavy atom. The lowest BCUT2D eigenvalue weighted by molar-refractivity contribution is 0.0158. The summed E-state index contributed by atoms with van der Waals surface area (Å²) in [6.45, 7) is 17.6. The molecule has 2 aromatic rings. The number of ether oxygens (including phenoxy) is 1. The van der Waals surface area contributed by atoms with Gasteiger partial charge in [0, 0.05) is 24.6 Å². The maximum Gasteiger partial charge on any atom is 0.410 e. The summed E-state index contributed by atoms with van der Waals surface area (Å²) in [5.41, 5.74) is 8.04. The third-order valence-corrected chi connectivity index (χ3v) is 10.5. The van der Waals surface area contributed by atoms with Crippen LogP contribution in [0.5, 0.6) is 0 Å². The molecule has 0 aliphatic heterocycles. The predicted octanol–water partition coefficient (Wildman–Crippen LogP) is 6.21. The molecule has 182 valence electrons. The van der Waals surface area contributed by atoms with Gasteiger partial charge in [-0.3, -0.25) is 4.98 Å². The third-order valence-electron chi connectivity index (χ3n) is 5.99. The number of nitrogen functional groups attached to an aromatic ring is 1. The number of rotatable bonds is 8. The van der Waals surface area contributed by atoms with Gasteiger partial charge >= 0.3 is 6.09 Å². The Hall–Kier alpha value is -2.38. The molecule has 1 aromatic heterocycles. The number of nitrogens with two attached hydrogens (primary N) is 1. The van der Waals surface area contributed by atoms with Gasteiger partial charge in [0.2, 0.25) is 0 Å². The Labute approximate surface area is 200 Å². The number of carbonyl (C=O) groups is 1. The molecule has 1 unspecified atom stereocenters. The molecule has 0 spiro atoms. The lowest BCUT2D eigenvalue weighted by Gasteiger charge is -2.40. The van der Waals surface area contributed by atoms with Crippen LogP contribution in [0.3, 0.4) is 0 Å². The Morgan fingerprint density at radius 3 is 2.24 bits per heavy atom. The minimum Gasteiger partial charge on any atom is -0.444 e. The second kappa shape index (κ2) is 10.7. The van der Waals surface area contributed by atoms with E-state index in [0.717, 1.165) is 16.8 Å². The summed E-state index contributed by atoms with van der Waals surface area (Å²) in [4.78, 5) is 19.2. The number of nitrogens with zero attached hydrogens (tertiary/aromatic N) is 2. The molecule has 0 radical (unpaired) electrons. The normalized spacial score (nSPS) is 13.5. The van der Waals surface area contributed by atoms with Gasteiger partial charge in [0.15, 0.2) is 8.32 Å². The highest BCUT2D eigenvalue weighted by Gasteiger charge is 2.40. The number of anilines is 1. The molecule has 0 saturated heterocycles. The fraction of sp³-hybridized carbons (Fsp3) is 0.538. The Balaban J connectivity index is 2.31. The highest BCUT2D eigenvalue weighted by molar-refractivity contribution is 6.74. The van der Waals surface area contributed by atoms with Crippen molar-refractivity contribution >= 4 is 20.1 Å². The monoisotopic (exact) mass is 471 g/mol. The first-order valence-corrected chi connectivity index (χ1v) is 14.5. The number of aromatic nitrogens is 1. The van der Waals surface area contributed by atoms with Crippen LogP contribution in [0.4, 0.5) is 10.5 Å². The molecule has 0 aliphatic carbocycles. The van der Waals surface area contributed by atoms with Gasteiger partial charge in [0.25, 0.3) is 0 Å². The third kappa shape index (κ3) is 8.48. The summed E-state index contributed by atoms with van der Waals surface area (Å²) in [7, 11) is -2.11. The number of hydrogen-bond acceptors (Lipinski definition) is 5. The van der Waals surface area contributed by atoms with Crippen molar-refractivity contribution in [1.29, 1.82) is 0 Å². The van der Waals surface area contributed by atoms with E-state index in [4.69, 9.17) is 14.9 Å². The van der Waals surface area contributed by atoms with E-state index in [1.54, 1.807) is 11.1 Å². The van der Waals surface area contributed by atoms with E-state index in [2.05, 4.69) is 38.8 Å². The zero-order valence-corrected chi connectivity index (χ0v) is 22.5. The van der Waals surface area contributed by atoms with Crippen molar-refractivity contribution in [3.63, 3.8) is 0 Å². The van der Waals surface area contributed by atoms with Crippen LogP contribution in [0.15, 0.2) is 48.8 Å². The summed E-state index contributed by atoms with van der Waals surface area (Å²) in [6, 6.07) is 11.7. The van der Waals surface area contributed by atoms with Crippen molar-refractivity contribution in [3.8, 4) is 0 Å². The molecule has 1 amide bonds. The summed E-state index contributed by atoms with van der Waals surface area (Å²) < 4.78 is 12.5. The van der Waals surface area contributed by atoms with Crippen molar-refractivity contribution in [2.45, 2.75) is 77.8 Å². The Morgan fingerprint density at radius 1 is 1.09 bits per heavy atom. The van der Waals surface area contributed by atoms with Crippen LogP contribution in [0, 0.1) is 0 Å². The van der Waals surface area contributed by atoms with Crippen molar-refractivity contribution in [2.75, 3.05) is 18.8 Å². The number of hydrogen-bond donors (Lipinski definition) is 1.